The summed E-state index contributed by atoms with van der Waals surface area (Å²) in [6, 6.07) is 12.8. The summed E-state index contributed by atoms with van der Waals surface area (Å²) in [6.45, 7) is 2.90. The molecule has 1 heterocycles. The zero-order chi connectivity index (χ0) is 21.7. The lowest BCUT2D eigenvalue weighted by atomic mass is 10.1. The van der Waals surface area contributed by atoms with E-state index in [1.54, 1.807) is 24.3 Å². The molecule has 2 aromatic rings. The zero-order valence-corrected chi connectivity index (χ0v) is 15.9. The van der Waals surface area contributed by atoms with Crippen molar-refractivity contribution in [2.24, 2.45) is 0 Å². The molecule has 152 valence electrons. The van der Waals surface area contributed by atoms with Gasteiger partial charge < -0.3 is 4.74 Å². The van der Waals surface area contributed by atoms with Crippen molar-refractivity contribution >= 4 is 29.6 Å². The zero-order valence-electron chi connectivity index (χ0n) is 15.9. The molecule has 0 unspecified atom stereocenters. The number of hydrogen-bond donors (Lipinski definition) is 1. The number of esters is 1. The van der Waals surface area contributed by atoms with Crippen LogP contribution in [0, 0.1) is 0 Å². The highest BCUT2D eigenvalue weighted by Gasteiger charge is 2.35. The Morgan fingerprint density at radius 3 is 2.37 bits per heavy atom. The van der Waals surface area contributed by atoms with Crippen molar-refractivity contribution in [1.29, 1.82) is 0 Å². The molecule has 1 N–H and O–H groups in total. The van der Waals surface area contributed by atoms with Crippen LogP contribution < -0.4 is 5.32 Å². The van der Waals surface area contributed by atoms with E-state index in [2.05, 4.69) is 11.9 Å². The lowest BCUT2D eigenvalue weighted by Gasteiger charge is -2.09. The number of carbonyl (C=O) groups excluding carboxylic acids is 5. The van der Waals surface area contributed by atoms with Gasteiger partial charge in [0.2, 0.25) is 5.91 Å². The largest absolute Gasteiger partial charge is 0.452 e. The fraction of sp³-hybridized carbons (Fsp3) is 0.136. The minimum absolute atomic E-state index is 0.0127. The molecule has 30 heavy (non-hydrogen) atoms. The number of nitrogens with one attached hydrogen (secondary N) is 1. The maximum Gasteiger partial charge on any atom is 0.338 e. The molecule has 0 saturated carbocycles. The van der Waals surface area contributed by atoms with Gasteiger partial charge in [-0.05, 0) is 23.8 Å². The van der Waals surface area contributed by atoms with Crippen LogP contribution in [0.25, 0.3) is 0 Å². The molecule has 8 heteroatoms. The summed E-state index contributed by atoms with van der Waals surface area (Å²) in [5.74, 6) is -3.15. The SMILES string of the molecule is C=CCN1C(=O)c2ccc(C(=O)OCC(=O)NC(=O)Cc3ccccc3)cc2C1=O. The Morgan fingerprint density at radius 2 is 1.67 bits per heavy atom. The summed E-state index contributed by atoms with van der Waals surface area (Å²) in [5, 5.41) is 2.14. The smallest absolute Gasteiger partial charge is 0.338 e. The number of ether oxygens (including phenoxy) is 1. The summed E-state index contributed by atoms with van der Waals surface area (Å²) < 4.78 is 4.91. The van der Waals surface area contributed by atoms with Crippen LogP contribution in [0.5, 0.6) is 0 Å². The van der Waals surface area contributed by atoms with Gasteiger partial charge in [-0.1, -0.05) is 36.4 Å². The van der Waals surface area contributed by atoms with Crippen molar-refractivity contribution in [2.45, 2.75) is 6.42 Å². The topological polar surface area (TPSA) is 110 Å². The average Bonchev–Trinajstić information content (AvgIpc) is 2.97. The second-order valence-corrected chi connectivity index (χ2v) is 6.48. The molecule has 0 atom stereocenters. The van der Waals surface area contributed by atoms with Crippen LogP contribution in [-0.2, 0) is 20.7 Å². The van der Waals surface area contributed by atoms with Gasteiger partial charge in [0.15, 0.2) is 6.61 Å². The van der Waals surface area contributed by atoms with E-state index in [1.165, 1.54) is 24.3 Å². The third-order valence-corrected chi connectivity index (χ3v) is 4.34. The maximum absolute atomic E-state index is 12.3. The van der Waals surface area contributed by atoms with Crippen LogP contribution in [-0.4, -0.2) is 47.6 Å². The predicted octanol–water partition coefficient (Wildman–Crippen LogP) is 1.51. The normalized spacial score (nSPS) is 12.3. The molecule has 0 aliphatic carbocycles. The van der Waals surface area contributed by atoms with Crippen molar-refractivity contribution < 1.29 is 28.7 Å². The molecular formula is C22H18N2O6. The Hall–Kier alpha value is -4.07. The average molecular weight is 406 g/mol. The van der Waals surface area contributed by atoms with Crippen LogP contribution in [0.4, 0.5) is 0 Å². The Balaban J connectivity index is 1.56. The highest BCUT2D eigenvalue weighted by atomic mass is 16.5. The molecule has 0 saturated heterocycles. The molecular weight excluding hydrogens is 388 g/mol. The van der Waals surface area contributed by atoms with Crippen LogP contribution in [0.2, 0.25) is 0 Å². The quantitative estimate of drug-likeness (QED) is 0.424. The van der Waals surface area contributed by atoms with E-state index in [4.69, 9.17) is 4.74 Å². The number of amides is 4. The molecule has 0 spiro atoms. The van der Waals surface area contributed by atoms with Crippen molar-refractivity contribution in [3.63, 3.8) is 0 Å². The van der Waals surface area contributed by atoms with Crippen LogP contribution in [0.3, 0.4) is 0 Å². The highest BCUT2D eigenvalue weighted by molar-refractivity contribution is 6.22. The van der Waals surface area contributed by atoms with Gasteiger partial charge in [0.05, 0.1) is 23.1 Å². The van der Waals surface area contributed by atoms with Gasteiger partial charge in [-0.3, -0.25) is 29.4 Å². The summed E-state index contributed by atoms with van der Waals surface area (Å²) in [5.41, 5.74) is 1.02. The predicted molar refractivity (Wildman–Crippen MR) is 106 cm³/mol. The molecule has 3 rings (SSSR count). The second-order valence-electron chi connectivity index (χ2n) is 6.48. The van der Waals surface area contributed by atoms with Gasteiger partial charge in [-0.25, -0.2) is 4.79 Å². The van der Waals surface area contributed by atoms with Crippen molar-refractivity contribution in [1.82, 2.24) is 10.2 Å². The van der Waals surface area contributed by atoms with Crippen molar-refractivity contribution in [2.75, 3.05) is 13.2 Å². The van der Waals surface area contributed by atoms with Crippen LogP contribution in [0.15, 0.2) is 61.2 Å². The lowest BCUT2D eigenvalue weighted by molar-refractivity contribution is -0.132. The van der Waals surface area contributed by atoms with Gasteiger partial charge in [0, 0.05) is 6.54 Å². The summed E-state index contributed by atoms with van der Waals surface area (Å²) in [7, 11) is 0. The number of carbonyl (C=O) groups is 5. The van der Waals surface area contributed by atoms with Gasteiger partial charge in [0.25, 0.3) is 17.7 Å². The van der Waals surface area contributed by atoms with E-state index in [-0.39, 0.29) is 29.7 Å². The number of nitrogens with zero attached hydrogens (tertiary/aromatic N) is 1. The molecule has 1 aliphatic heterocycles. The van der Waals surface area contributed by atoms with Crippen LogP contribution >= 0.6 is 0 Å². The van der Waals surface area contributed by atoms with Gasteiger partial charge in [-0.2, -0.15) is 0 Å². The van der Waals surface area contributed by atoms with Crippen molar-refractivity contribution in [3.05, 3.63) is 83.4 Å². The molecule has 4 amide bonds. The molecule has 8 nitrogen and oxygen atoms in total. The van der Waals surface area contributed by atoms with Gasteiger partial charge in [0.1, 0.15) is 0 Å². The van der Waals surface area contributed by atoms with Gasteiger partial charge in [-0.15, -0.1) is 6.58 Å². The Labute approximate surface area is 172 Å². The minimum Gasteiger partial charge on any atom is -0.452 e. The van der Waals surface area contributed by atoms with Crippen LogP contribution in [0.1, 0.15) is 36.6 Å². The fourth-order valence-electron chi connectivity index (χ4n) is 2.94. The number of imide groups is 2. The highest BCUT2D eigenvalue weighted by Crippen LogP contribution is 2.24. The molecule has 0 aromatic heterocycles. The van der Waals surface area contributed by atoms with E-state index in [1.807, 2.05) is 6.07 Å². The summed E-state index contributed by atoms with van der Waals surface area (Å²) in [4.78, 5) is 61.4. The van der Waals surface area contributed by atoms with E-state index >= 15 is 0 Å². The van der Waals surface area contributed by atoms with E-state index in [0.717, 1.165) is 10.5 Å². The standard InChI is InChI=1S/C22H18N2O6/c1-2-10-24-20(27)16-9-8-15(12-17(16)21(24)28)22(29)30-13-19(26)23-18(25)11-14-6-4-3-5-7-14/h2-9,12H,1,10-11,13H2,(H,23,25,26). The first-order valence-electron chi connectivity index (χ1n) is 9.05. The molecule has 0 radical (unpaired) electrons. The molecule has 0 bridgehead atoms. The molecule has 1 aliphatic rings. The van der Waals surface area contributed by atoms with Crippen molar-refractivity contribution in [3.8, 4) is 0 Å². The third-order valence-electron chi connectivity index (χ3n) is 4.34. The molecule has 0 fully saturated rings. The monoisotopic (exact) mass is 406 g/mol. The van der Waals surface area contributed by atoms with E-state index in [9.17, 15) is 24.0 Å². The summed E-state index contributed by atoms with van der Waals surface area (Å²) in [6.07, 6.45) is 1.44. The van der Waals surface area contributed by atoms with E-state index < -0.39 is 36.2 Å². The summed E-state index contributed by atoms with van der Waals surface area (Å²) >= 11 is 0. The van der Waals surface area contributed by atoms with Gasteiger partial charge >= 0.3 is 5.97 Å². The first-order valence-corrected chi connectivity index (χ1v) is 9.05. The number of hydrogen-bond acceptors (Lipinski definition) is 6. The third kappa shape index (κ3) is 4.49. The maximum atomic E-state index is 12.3. The Bertz CT molecular complexity index is 1040. The molecule has 2 aromatic carbocycles. The Kier molecular flexibility index (Phi) is 6.17. The second kappa shape index (κ2) is 8.95. The first-order chi connectivity index (χ1) is 14.4. The number of rotatable bonds is 7. The van der Waals surface area contributed by atoms with E-state index in [0.29, 0.717) is 0 Å². The lowest BCUT2D eigenvalue weighted by Crippen LogP contribution is -2.35. The Morgan fingerprint density at radius 1 is 0.967 bits per heavy atom. The number of benzene rings is 2. The fourth-order valence-corrected chi connectivity index (χ4v) is 2.94. The first kappa shape index (κ1) is 20.7. The minimum atomic E-state index is -0.856. The number of fused-ring (bicyclic) bond motifs is 1.